The van der Waals surface area contributed by atoms with Gasteiger partial charge in [-0.3, -0.25) is 4.79 Å². The SMILES string of the molecule is C.O=C(C=Cc1ccccc1)c1ccccc1. The van der Waals surface area contributed by atoms with Gasteiger partial charge in [0.05, 0.1) is 0 Å². The molecule has 0 fully saturated rings. The maximum Gasteiger partial charge on any atom is 0.185 e. The molecule has 0 aliphatic carbocycles. The minimum absolute atomic E-state index is 0. The molecule has 1 nitrogen and oxygen atoms in total. The zero-order chi connectivity index (χ0) is 11.2. The number of allylic oxidation sites excluding steroid dienone is 1. The molecule has 2 aromatic carbocycles. The third kappa shape index (κ3) is 3.72. The Balaban J connectivity index is 0.00000144. The molecule has 0 bridgehead atoms. The van der Waals surface area contributed by atoms with Crippen LogP contribution in [0.25, 0.3) is 6.08 Å². The Morgan fingerprint density at radius 2 is 1.35 bits per heavy atom. The van der Waals surface area contributed by atoms with Crippen molar-refractivity contribution in [1.82, 2.24) is 0 Å². The molecule has 86 valence electrons. The molecule has 0 saturated carbocycles. The third-order valence-electron chi connectivity index (χ3n) is 2.29. The van der Waals surface area contributed by atoms with E-state index in [4.69, 9.17) is 0 Å². The molecule has 0 saturated heterocycles. The summed E-state index contributed by atoms with van der Waals surface area (Å²) in [6, 6.07) is 19.1. The van der Waals surface area contributed by atoms with Crippen molar-refractivity contribution in [1.29, 1.82) is 0 Å². The van der Waals surface area contributed by atoms with Crippen molar-refractivity contribution in [3.8, 4) is 0 Å². The van der Waals surface area contributed by atoms with Crippen LogP contribution in [0.2, 0.25) is 0 Å². The van der Waals surface area contributed by atoms with Crippen molar-refractivity contribution < 1.29 is 4.79 Å². The molecule has 0 radical (unpaired) electrons. The van der Waals surface area contributed by atoms with Crippen molar-refractivity contribution in [2.45, 2.75) is 7.43 Å². The van der Waals surface area contributed by atoms with E-state index in [1.807, 2.05) is 66.7 Å². The van der Waals surface area contributed by atoms with Crippen LogP contribution < -0.4 is 0 Å². The molecule has 0 unspecified atom stereocenters. The first kappa shape index (κ1) is 12.9. The first-order valence-corrected chi connectivity index (χ1v) is 5.19. The molecular formula is C16H16O. The summed E-state index contributed by atoms with van der Waals surface area (Å²) in [5, 5.41) is 0. The third-order valence-corrected chi connectivity index (χ3v) is 2.29. The summed E-state index contributed by atoms with van der Waals surface area (Å²) in [6.07, 6.45) is 3.43. The van der Waals surface area contributed by atoms with Crippen molar-refractivity contribution >= 4 is 11.9 Å². The number of hydrogen-bond donors (Lipinski definition) is 0. The fourth-order valence-electron chi connectivity index (χ4n) is 1.43. The molecule has 0 aliphatic heterocycles. The van der Waals surface area contributed by atoms with Gasteiger partial charge < -0.3 is 0 Å². The smallest absolute Gasteiger partial charge is 0.185 e. The van der Waals surface area contributed by atoms with Gasteiger partial charge in [0.15, 0.2) is 5.78 Å². The van der Waals surface area contributed by atoms with E-state index in [-0.39, 0.29) is 13.2 Å². The van der Waals surface area contributed by atoms with Crippen LogP contribution in [-0.4, -0.2) is 5.78 Å². The monoisotopic (exact) mass is 224 g/mol. The van der Waals surface area contributed by atoms with Crippen LogP contribution in [0.4, 0.5) is 0 Å². The fourth-order valence-corrected chi connectivity index (χ4v) is 1.43. The minimum atomic E-state index is 0. The molecule has 2 rings (SSSR count). The van der Waals surface area contributed by atoms with Gasteiger partial charge in [-0.1, -0.05) is 74.2 Å². The maximum absolute atomic E-state index is 11.7. The lowest BCUT2D eigenvalue weighted by Crippen LogP contribution is -1.92. The van der Waals surface area contributed by atoms with Crippen molar-refractivity contribution in [3.05, 3.63) is 77.9 Å². The second-order valence-corrected chi connectivity index (χ2v) is 3.47. The molecule has 17 heavy (non-hydrogen) atoms. The highest BCUT2D eigenvalue weighted by molar-refractivity contribution is 6.06. The van der Waals surface area contributed by atoms with Gasteiger partial charge in [-0.15, -0.1) is 0 Å². The van der Waals surface area contributed by atoms with Crippen LogP contribution in [-0.2, 0) is 0 Å². The summed E-state index contributed by atoms with van der Waals surface area (Å²) in [5.41, 5.74) is 1.75. The lowest BCUT2D eigenvalue weighted by molar-refractivity contribution is 0.104. The minimum Gasteiger partial charge on any atom is -0.289 e. The van der Waals surface area contributed by atoms with E-state index >= 15 is 0 Å². The number of ketones is 1. The zero-order valence-electron chi connectivity index (χ0n) is 8.84. The van der Waals surface area contributed by atoms with Crippen LogP contribution >= 0.6 is 0 Å². The van der Waals surface area contributed by atoms with Crippen molar-refractivity contribution in [2.75, 3.05) is 0 Å². The summed E-state index contributed by atoms with van der Waals surface area (Å²) in [6.45, 7) is 0. The topological polar surface area (TPSA) is 17.1 Å². The van der Waals surface area contributed by atoms with E-state index in [2.05, 4.69) is 0 Å². The van der Waals surface area contributed by atoms with Gasteiger partial charge in [0, 0.05) is 5.56 Å². The molecular weight excluding hydrogens is 208 g/mol. The van der Waals surface area contributed by atoms with Crippen molar-refractivity contribution in [2.24, 2.45) is 0 Å². The van der Waals surface area contributed by atoms with E-state index in [9.17, 15) is 4.79 Å². The van der Waals surface area contributed by atoms with E-state index in [0.717, 1.165) is 11.1 Å². The number of rotatable bonds is 3. The summed E-state index contributed by atoms with van der Waals surface area (Å²) in [4.78, 5) is 11.7. The van der Waals surface area contributed by atoms with Crippen molar-refractivity contribution in [3.63, 3.8) is 0 Å². The summed E-state index contributed by atoms with van der Waals surface area (Å²) >= 11 is 0. The second kappa shape index (κ2) is 6.44. The normalized spacial score (nSPS) is 9.88. The Morgan fingerprint density at radius 1 is 0.824 bits per heavy atom. The number of carbonyl (C=O) groups excluding carboxylic acids is 1. The summed E-state index contributed by atoms with van der Waals surface area (Å²) in [7, 11) is 0. The average molecular weight is 224 g/mol. The summed E-state index contributed by atoms with van der Waals surface area (Å²) < 4.78 is 0. The molecule has 0 heterocycles. The van der Waals surface area contributed by atoms with Gasteiger partial charge in [0.1, 0.15) is 0 Å². The highest BCUT2D eigenvalue weighted by Gasteiger charge is 1.98. The quantitative estimate of drug-likeness (QED) is 0.563. The molecule has 0 N–H and O–H groups in total. The largest absolute Gasteiger partial charge is 0.289 e. The standard InChI is InChI=1S/C15H12O.CH4/c16-15(14-9-5-2-6-10-14)12-11-13-7-3-1-4-8-13;/h1-12H;1H4. The first-order valence-electron chi connectivity index (χ1n) is 5.19. The van der Waals surface area contributed by atoms with E-state index in [1.165, 1.54) is 0 Å². The van der Waals surface area contributed by atoms with Crippen LogP contribution in [0.15, 0.2) is 66.7 Å². The Hall–Kier alpha value is -2.15. The van der Waals surface area contributed by atoms with Gasteiger partial charge in [0.25, 0.3) is 0 Å². The highest BCUT2D eigenvalue weighted by atomic mass is 16.1. The number of benzene rings is 2. The zero-order valence-corrected chi connectivity index (χ0v) is 8.84. The number of hydrogen-bond acceptors (Lipinski definition) is 1. The molecule has 0 spiro atoms. The first-order chi connectivity index (χ1) is 7.86. The highest BCUT2D eigenvalue weighted by Crippen LogP contribution is 2.05. The predicted octanol–water partition coefficient (Wildman–Crippen LogP) is 4.22. The van der Waals surface area contributed by atoms with Gasteiger partial charge in [-0.2, -0.15) is 0 Å². The molecule has 0 amide bonds. The Labute approximate surface area is 102 Å². The Kier molecular flexibility index (Phi) is 4.89. The molecule has 0 aliphatic rings. The van der Waals surface area contributed by atoms with E-state index in [1.54, 1.807) is 6.08 Å². The Morgan fingerprint density at radius 3 is 1.94 bits per heavy atom. The predicted molar refractivity (Wildman–Crippen MR) is 73.0 cm³/mol. The van der Waals surface area contributed by atoms with Crippen LogP contribution in [0.1, 0.15) is 23.3 Å². The summed E-state index contributed by atoms with van der Waals surface area (Å²) in [5.74, 6) is 0.0319. The van der Waals surface area contributed by atoms with Crippen LogP contribution in [0.3, 0.4) is 0 Å². The van der Waals surface area contributed by atoms with Gasteiger partial charge in [-0.25, -0.2) is 0 Å². The Bertz CT molecular complexity index is 483. The van der Waals surface area contributed by atoms with Crippen LogP contribution in [0, 0.1) is 0 Å². The van der Waals surface area contributed by atoms with Gasteiger partial charge in [-0.05, 0) is 11.6 Å². The number of carbonyl (C=O) groups is 1. The fraction of sp³-hybridized carbons (Fsp3) is 0.0625. The molecule has 0 atom stereocenters. The molecule has 1 heteroatoms. The second-order valence-electron chi connectivity index (χ2n) is 3.47. The van der Waals surface area contributed by atoms with Gasteiger partial charge in [0.2, 0.25) is 0 Å². The lowest BCUT2D eigenvalue weighted by atomic mass is 10.1. The van der Waals surface area contributed by atoms with Crippen LogP contribution in [0.5, 0.6) is 0 Å². The van der Waals surface area contributed by atoms with E-state index in [0.29, 0.717) is 0 Å². The van der Waals surface area contributed by atoms with E-state index < -0.39 is 0 Å². The van der Waals surface area contributed by atoms with Gasteiger partial charge >= 0.3 is 0 Å². The average Bonchev–Trinajstić information content (AvgIpc) is 2.38. The molecule has 2 aromatic rings. The lowest BCUT2D eigenvalue weighted by Gasteiger charge is -1.94. The maximum atomic E-state index is 11.7. The molecule has 0 aromatic heterocycles.